The van der Waals surface area contributed by atoms with E-state index in [4.69, 9.17) is 47.7 Å². The van der Waals surface area contributed by atoms with Crippen molar-refractivity contribution in [3.63, 3.8) is 0 Å². The maximum Gasteiger partial charge on any atom is 0.316 e. The van der Waals surface area contributed by atoms with Crippen molar-refractivity contribution in [2.24, 2.45) is 0 Å². The van der Waals surface area contributed by atoms with Crippen LogP contribution in [-0.4, -0.2) is 52.0 Å². The molecule has 0 saturated heterocycles. The number of rotatable bonds is 21. The Balaban J connectivity index is 0.000000163. The molecule has 0 amide bonds. The second kappa shape index (κ2) is 45.0. The van der Waals surface area contributed by atoms with E-state index in [0.29, 0.717) is 22.5 Å². The summed E-state index contributed by atoms with van der Waals surface area (Å²) >= 11 is 8.98. The lowest BCUT2D eigenvalue weighted by Crippen LogP contribution is -2.15. The molecular weight excluding hydrogens is 1680 g/mol. The molecule has 132 heavy (non-hydrogen) atoms. The van der Waals surface area contributed by atoms with E-state index in [1.165, 1.54) is 17.1 Å². The summed E-state index contributed by atoms with van der Waals surface area (Å²) in [5.74, 6) is -1.54. The van der Waals surface area contributed by atoms with Crippen LogP contribution in [0.5, 0.6) is 0 Å². The first-order valence-corrected chi connectivity index (χ1v) is 41.4. The first-order valence-electron chi connectivity index (χ1n) is 40.7. The number of nitrogen functional groups attached to an aromatic ring is 2. The third-order valence-electron chi connectivity index (χ3n) is 19.9. The molecule has 0 bridgehead atoms. The van der Waals surface area contributed by atoms with Crippen LogP contribution in [0, 0.1) is 26.3 Å². The van der Waals surface area contributed by atoms with Gasteiger partial charge in [-0.05, 0) is 229 Å². The molecule has 4 N–H and O–H groups in total. The van der Waals surface area contributed by atoms with E-state index >= 15 is 0 Å². The Morgan fingerprint density at radius 1 is 0.220 bits per heavy atom. The molecular formula is C109H79Cl2N17O4. The first kappa shape index (κ1) is 91.3. The van der Waals surface area contributed by atoms with Crippen molar-refractivity contribution >= 4 is 177 Å². The predicted molar refractivity (Wildman–Crippen MR) is 532 cm³/mol. The highest BCUT2D eigenvalue weighted by Gasteiger charge is 2.26. The van der Waals surface area contributed by atoms with E-state index in [9.17, 15) is 19.2 Å². The fraction of sp³-hybridized carbons (Fsp3) is 0.00917. The molecule has 0 atom stereocenters. The van der Waals surface area contributed by atoms with E-state index in [-0.39, 0.29) is 53.6 Å². The van der Waals surface area contributed by atoms with Crippen molar-refractivity contribution in [2.45, 2.75) is 7.43 Å². The zero-order valence-corrected chi connectivity index (χ0v) is 71.3. The quantitative estimate of drug-likeness (QED) is 0.0295. The first-order chi connectivity index (χ1) is 64.2. The summed E-state index contributed by atoms with van der Waals surface area (Å²) in [6, 6.07) is 143. The molecule has 0 aliphatic rings. The van der Waals surface area contributed by atoms with Gasteiger partial charge in [0.2, 0.25) is 11.6 Å². The molecule has 638 valence electrons. The van der Waals surface area contributed by atoms with Crippen LogP contribution in [0.4, 0.5) is 120 Å². The summed E-state index contributed by atoms with van der Waals surface area (Å²) in [4.78, 5) is 94.9. The second-order valence-electron chi connectivity index (χ2n) is 28.3. The van der Waals surface area contributed by atoms with Gasteiger partial charge in [-0.1, -0.05) is 258 Å². The number of carbonyl (C=O) groups is 4. The minimum Gasteiger partial charge on any atom is -0.370 e. The van der Waals surface area contributed by atoms with E-state index in [1.54, 1.807) is 24.3 Å². The molecule has 15 aromatic carbocycles. The Bertz CT molecular complexity index is 6490. The Labute approximate surface area is 774 Å². The van der Waals surface area contributed by atoms with Gasteiger partial charge >= 0.3 is 21.8 Å². The Morgan fingerprint density at radius 2 is 0.371 bits per heavy atom. The molecule has 0 unspecified atom stereocenters. The van der Waals surface area contributed by atoms with Crippen LogP contribution in [0.1, 0.15) is 28.1 Å². The van der Waals surface area contributed by atoms with Gasteiger partial charge in [-0.25, -0.2) is 0 Å². The lowest BCUT2D eigenvalue weighted by Gasteiger charge is -2.25. The number of ketones is 2. The zero-order chi connectivity index (χ0) is 91.2. The smallest absolute Gasteiger partial charge is 0.316 e. The second-order valence-corrected chi connectivity index (χ2v) is 29.0. The number of nitrogens with two attached hydrogens (primary N) is 2. The van der Waals surface area contributed by atoms with Crippen molar-refractivity contribution in [1.29, 1.82) is 0 Å². The monoisotopic (exact) mass is 1760 g/mol. The van der Waals surface area contributed by atoms with Gasteiger partial charge < -0.3 is 55.3 Å². The van der Waals surface area contributed by atoms with Crippen molar-refractivity contribution in [3.05, 3.63) is 488 Å². The molecule has 23 heteroatoms. The molecule has 0 fully saturated rings. The SMILES string of the molecule is C.O=C(C(=O)c1ccc(N(c2ccccc2)c2ccccc2)cc1)c1ccc(N(c2ccccc2)c2ccccc2)cc1.O=C(Cl)C(=O)Cl.[C-]#[N+]c1nc(N)c(N)nc1[N+]#[C-].[C-]#[N+]c1nc2nc(-c3ccc(N(c4ccccc4)c4ccccc4)cc3)c(-c3ccc(N(c4ccccc4)c4ccccc4)cc3)nc2nc1[N+]#[C-].c1ccc(N(c2ccccc2)c2ccccc2)cc1. The molecule has 21 nitrogen and oxygen atoms in total. The van der Waals surface area contributed by atoms with E-state index in [2.05, 4.69) is 233 Å². The van der Waals surface area contributed by atoms with Crippen molar-refractivity contribution in [3.8, 4) is 22.5 Å². The molecule has 0 aliphatic carbocycles. The Hall–Kier alpha value is -18.4. The fourth-order valence-electron chi connectivity index (χ4n) is 13.9. The van der Waals surface area contributed by atoms with Gasteiger partial charge in [0.05, 0.1) is 0 Å². The normalized spacial score (nSPS) is 10.1. The number of fused-ring (bicyclic) bond motifs is 1. The number of anilines is 17. The van der Waals surface area contributed by atoms with E-state index in [1.807, 2.05) is 261 Å². The van der Waals surface area contributed by atoms with Crippen molar-refractivity contribution < 1.29 is 19.2 Å². The number of benzene rings is 15. The highest BCUT2D eigenvalue weighted by atomic mass is 35.5. The van der Waals surface area contributed by atoms with Crippen LogP contribution >= 0.6 is 23.2 Å². The topological polar surface area (TPSA) is 231 Å². The number of halogens is 2. The molecule has 0 saturated carbocycles. The summed E-state index contributed by atoms with van der Waals surface area (Å²) in [5.41, 5.74) is 29.8. The number of hydrogen-bond acceptors (Lipinski definition) is 17. The average Bonchev–Trinajstić information content (AvgIpc) is 0.772. The van der Waals surface area contributed by atoms with E-state index < -0.39 is 22.1 Å². The summed E-state index contributed by atoms with van der Waals surface area (Å²) in [6.45, 7) is 28.4. The molecule has 18 rings (SSSR count). The highest BCUT2D eigenvalue weighted by Crippen LogP contribution is 2.43. The summed E-state index contributed by atoms with van der Waals surface area (Å²) in [5, 5.41) is -2.28. The largest absolute Gasteiger partial charge is 0.370 e. The van der Waals surface area contributed by atoms with Gasteiger partial charge in [0, 0.05) is 108 Å². The van der Waals surface area contributed by atoms with Gasteiger partial charge in [-0.3, -0.25) is 19.2 Å². The lowest BCUT2D eigenvalue weighted by molar-refractivity contribution is -0.127. The molecule has 0 radical (unpaired) electrons. The Morgan fingerprint density at radius 3 is 0.530 bits per heavy atom. The third kappa shape index (κ3) is 22.6. The number of Topliss-reactive ketones (excluding diaryl/α,β-unsaturated/α-hetero) is 2. The van der Waals surface area contributed by atoms with Crippen LogP contribution in [0.25, 0.3) is 53.2 Å². The maximum absolute atomic E-state index is 13.3. The van der Waals surface area contributed by atoms with Gasteiger partial charge in [-0.15, -0.1) is 19.9 Å². The summed E-state index contributed by atoms with van der Waals surface area (Å²) in [7, 11) is 0. The molecule has 0 aliphatic heterocycles. The number of nitrogens with zero attached hydrogens (tertiary/aromatic N) is 15. The van der Waals surface area contributed by atoms with Gasteiger partial charge in [0.1, 0.15) is 11.4 Å². The minimum atomic E-state index is -1.14. The molecule has 18 aromatic rings. The summed E-state index contributed by atoms with van der Waals surface area (Å²) < 4.78 is 0. The van der Waals surface area contributed by atoms with Crippen LogP contribution in [0.3, 0.4) is 0 Å². The van der Waals surface area contributed by atoms with Crippen LogP contribution in [0.2, 0.25) is 0 Å². The third-order valence-corrected chi connectivity index (χ3v) is 20.4. The molecule has 3 aromatic heterocycles. The predicted octanol–water partition coefficient (Wildman–Crippen LogP) is 28.5. The zero-order valence-electron chi connectivity index (χ0n) is 69.7. The number of carbonyl (C=O) groups excluding carboxylic acids is 4. The Kier molecular flexibility index (Phi) is 31.1. The molecule has 3 heterocycles. The van der Waals surface area contributed by atoms with Crippen LogP contribution < -0.4 is 36.0 Å². The molecule has 0 spiro atoms. The number of aromatic nitrogens is 6. The average molecular weight is 1760 g/mol. The number of hydrogen-bond donors (Lipinski definition) is 2. The van der Waals surface area contributed by atoms with Crippen LogP contribution in [0.15, 0.2) is 431 Å². The van der Waals surface area contributed by atoms with Crippen molar-refractivity contribution in [1.82, 2.24) is 29.9 Å². The van der Waals surface area contributed by atoms with Crippen molar-refractivity contribution in [2.75, 3.05) is 36.0 Å². The van der Waals surface area contributed by atoms with E-state index in [0.717, 1.165) is 79.4 Å². The minimum absolute atomic E-state index is 0. The number of para-hydroxylation sites is 11. The highest BCUT2D eigenvalue weighted by molar-refractivity contribution is 6.97. The lowest BCUT2D eigenvalue weighted by atomic mass is 10.0. The van der Waals surface area contributed by atoms with Gasteiger partial charge in [0.15, 0.2) is 0 Å². The van der Waals surface area contributed by atoms with Crippen LogP contribution in [-0.2, 0) is 9.59 Å². The summed E-state index contributed by atoms with van der Waals surface area (Å²) in [6.07, 6.45) is 0. The standard InChI is InChI=1S/C44H28N8.C38H28N2O2.C18H15N.C6H4N6.C2Cl2O2.CH4/c1-45-41-42(46-2)50-44-43(49-41)47-39(31-23-27-37(28-24-31)51(33-15-7-3-8-16-33)34-17-9-4-10-18-34)40(48-44)32-25-29-38(30-26-32)52(35-19-11-5-12-20-35)36-21-13-6-14-22-36;41-37(29-21-25-35(26-22-29)39(31-13-5-1-6-14-31)32-15-7-2-8-16-32)38(42)30-23-27-36(28-24-30)40(33-17-9-3-10-18-33)34-19-11-4-12-20-34;1-4-10-16(11-5-1)19(17-12-6-2-7-13-17)18-14-8-3-9-15-18;1-9-5-6(10-2)12-4(8)3(7)11-5;3-1(5)2(4)6;/h3-30H;1-28H;1-15H;(H2,7,11)(H2,8,12);;1H4. The van der Waals surface area contributed by atoms with Gasteiger partial charge in [0.25, 0.3) is 34.9 Å². The maximum atomic E-state index is 13.3. The fourth-order valence-corrected chi connectivity index (χ4v) is 13.9. The van der Waals surface area contributed by atoms with Gasteiger partial charge in [-0.2, -0.15) is 9.97 Å².